The fraction of sp³-hybridized carbons (Fsp3) is 0.333. The van der Waals surface area contributed by atoms with Crippen molar-refractivity contribution in [3.63, 3.8) is 0 Å². The number of piperidine rings is 1. The number of amides is 1. The molecule has 0 aliphatic carbocycles. The minimum Gasteiger partial charge on any atom is -0.349 e. The third kappa shape index (κ3) is 4.82. The summed E-state index contributed by atoms with van der Waals surface area (Å²) in [6.45, 7) is 5.75. The Morgan fingerprint density at radius 1 is 0.962 bits per heavy atom. The molecular formula is C21H25N3OS. The summed E-state index contributed by atoms with van der Waals surface area (Å²) in [7, 11) is 0. The summed E-state index contributed by atoms with van der Waals surface area (Å²) in [6, 6.07) is 16.0. The van der Waals surface area contributed by atoms with E-state index in [1.54, 1.807) is 0 Å². The van der Waals surface area contributed by atoms with Crippen molar-refractivity contribution in [3.8, 4) is 0 Å². The Morgan fingerprint density at radius 3 is 2.19 bits per heavy atom. The zero-order valence-corrected chi connectivity index (χ0v) is 16.1. The predicted molar refractivity (Wildman–Crippen MR) is 112 cm³/mol. The molecule has 0 bridgehead atoms. The van der Waals surface area contributed by atoms with Gasteiger partial charge in [0.15, 0.2) is 5.11 Å². The second-order valence-electron chi connectivity index (χ2n) is 6.92. The van der Waals surface area contributed by atoms with Gasteiger partial charge in [0.25, 0.3) is 0 Å². The smallest absolute Gasteiger partial charge is 0.227 e. The van der Waals surface area contributed by atoms with E-state index in [0.717, 1.165) is 42.4 Å². The van der Waals surface area contributed by atoms with Crippen LogP contribution < -0.4 is 10.6 Å². The molecule has 0 saturated carbocycles. The van der Waals surface area contributed by atoms with Crippen LogP contribution in [0.4, 0.5) is 11.4 Å². The number of benzene rings is 2. The quantitative estimate of drug-likeness (QED) is 0.792. The van der Waals surface area contributed by atoms with E-state index in [9.17, 15) is 4.79 Å². The van der Waals surface area contributed by atoms with Crippen LogP contribution in [0.25, 0.3) is 0 Å². The van der Waals surface area contributed by atoms with Crippen molar-refractivity contribution in [1.82, 2.24) is 4.90 Å². The summed E-state index contributed by atoms with van der Waals surface area (Å²) in [5.74, 6) is 0.138. The molecule has 0 unspecified atom stereocenters. The van der Waals surface area contributed by atoms with Gasteiger partial charge in [-0.25, -0.2) is 0 Å². The highest BCUT2D eigenvalue weighted by Crippen LogP contribution is 2.21. The highest BCUT2D eigenvalue weighted by atomic mass is 32.1. The molecule has 1 aliphatic rings. The topological polar surface area (TPSA) is 44.4 Å². The molecular weight excluding hydrogens is 342 g/mol. The molecule has 2 N–H and O–H groups in total. The lowest BCUT2D eigenvalue weighted by Gasteiger charge is -2.33. The first kappa shape index (κ1) is 18.4. The van der Waals surface area contributed by atoms with E-state index in [2.05, 4.69) is 47.6 Å². The van der Waals surface area contributed by atoms with Gasteiger partial charge in [-0.15, -0.1) is 0 Å². The zero-order chi connectivity index (χ0) is 18.5. The van der Waals surface area contributed by atoms with Crippen molar-refractivity contribution < 1.29 is 4.79 Å². The fourth-order valence-electron chi connectivity index (χ4n) is 3.36. The Bertz CT molecular complexity index is 763. The second kappa shape index (κ2) is 8.32. The highest BCUT2D eigenvalue weighted by Gasteiger charge is 2.26. The molecule has 26 heavy (non-hydrogen) atoms. The molecule has 1 heterocycles. The van der Waals surface area contributed by atoms with E-state index in [0.29, 0.717) is 0 Å². The van der Waals surface area contributed by atoms with Crippen LogP contribution in [0.2, 0.25) is 0 Å². The molecule has 1 saturated heterocycles. The number of carbonyl (C=O) groups is 1. The van der Waals surface area contributed by atoms with Crippen LogP contribution in [0.1, 0.15) is 24.0 Å². The van der Waals surface area contributed by atoms with Gasteiger partial charge in [-0.2, -0.15) is 0 Å². The van der Waals surface area contributed by atoms with Gasteiger partial charge in [0.05, 0.1) is 0 Å². The lowest BCUT2D eigenvalue weighted by molar-refractivity contribution is -0.120. The van der Waals surface area contributed by atoms with Crippen LogP contribution in [-0.2, 0) is 4.79 Å². The van der Waals surface area contributed by atoms with E-state index >= 15 is 0 Å². The number of hydrogen-bond acceptors (Lipinski definition) is 2. The first-order chi connectivity index (χ1) is 12.5. The number of nitrogens with zero attached hydrogens (tertiary/aromatic N) is 1. The van der Waals surface area contributed by atoms with Gasteiger partial charge in [0, 0.05) is 30.4 Å². The van der Waals surface area contributed by atoms with Gasteiger partial charge in [0.1, 0.15) is 0 Å². The van der Waals surface area contributed by atoms with Crippen molar-refractivity contribution >= 4 is 34.6 Å². The third-order valence-electron chi connectivity index (χ3n) is 4.67. The molecule has 2 aromatic carbocycles. The van der Waals surface area contributed by atoms with Crippen molar-refractivity contribution in [2.24, 2.45) is 5.92 Å². The molecule has 0 aromatic heterocycles. The van der Waals surface area contributed by atoms with Crippen LogP contribution in [0.3, 0.4) is 0 Å². The van der Waals surface area contributed by atoms with Gasteiger partial charge in [-0.1, -0.05) is 24.3 Å². The van der Waals surface area contributed by atoms with E-state index in [-0.39, 0.29) is 11.8 Å². The normalized spacial score (nSPS) is 14.8. The molecule has 1 aliphatic heterocycles. The molecule has 1 fully saturated rings. The number of likely N-dealkylation sites (tertiary alicyclic amines) is 1. The maximum Gasteiger partial charge on any atom is 0.227 e. The van der Waals surface area contributed by atoms with Crippen LogP contribution in [0.5, 0.6) is 0 Å². The summed E-state index contributed by atoms with van der Waals surface area (Å²) in [5, 5.41) is 7.07. The first-order valence-electron chi connectivity index (χ1n) is 9.01. The summed E-state index contributed by atoms with van der Waals surface area (Å²) >= 11 is 5.57. The van der Waals surface area contributed by atoms with E-state index in [1.807, 2.05) is 30.3 Å². The number of anilines is 2. The SMILES string of the molecule is Cc1cc(C)cc(NC(=S)N2CCC(C(=O)Nc3ccccc3)CC2)c1. The van der Waals surface area contributed by atoms with Gasteiger partial charge in [-0.05, 0) is 74.3 Å². The molecule has 5 heteroatoms. The monoisotopic (exact) mass is 367 g/mol. The van der Waals surface area contributed by atoms with Gasteiger partial charge >= 0.3 is 0 Å². The fourth-order valence-corrected chi connectivity index (χ4v) is 3.66. The molecule has 136 valence electrons. The summed E-state index contributed by atoms with van der Waals surface area (Å²) in [6.07, 6.45) is 1.63. The van der Waals surface area contributed by atoms with Crippen molar-refractivity contribution in [2.75, 3.05) is 23.7 Å². The van der Waals surface area contributed by atoms with Crippen molar-refractivity contribution in [1.29, 1.82) is 0 Å². The van der Waals surface area contributed by atoms with Crippen molar-refractivity contribution in [3.05, 3.63) is 59.7 Å². The number of carbonyl (C=O) groups excluding carboxylic acids is 1. The number of para-hydroxylation sites is 1. The van der Waals surface area contributed by atoms with Crippen LogP contribution in [0, 0.1) is 19.8 Å². The first-order valence-corrected chi connectivity index (χ1v) is 9.42. The summed E-state index contributed by atoms with van der Waals surface area (Å²) in [4.78, 5) is 14.6. The molecule has 0 radical (unpaired) electrons. The third-order valence-corrected chi connectivity index (χ3v) is 5.03. The van der Waals surface area contributed by atoms with Gasteiger partial charge < -0.3 is 15.5 Å². The van der Waals surface area contributed by atoms with Gasteiger partial charge in [-0.3, -0.25) is 4.79 Å². The minimum absolute atomic E-state index is 0.0375. The second-order valence-corrected chi connectivity index (χ2v) is 7.31. The Morgan fingerprint density at radius 2 is 1.58 bits per heavy atom. The van der Waals surface area contributed by atoms with E-state index in [1.165, 1.54) is 11.1 Å². The molecule has 2 aromatic rings. The lowest BCUT2D eigenvalue weighted by atomic mass is 9.96. The van der Waals surface area contributed by atoms with Crippen molar-refractivity contribution in [2.45, 2.75) is 26.7 Å². The number of hydrogen-bond donors (Lipinski definition) is 2. The Kier molecular flexibility index (Phi) is 5.89. The van der Waals surface area contributed by atoms with Crippen LogP contribution in [0.15, 0.2) is 48.5 Å². The minimum atomic E-state index is 0.0375. The zero-order valence-electron chi connectivity index (χ0n) is 15.3. The molecule has 1 amide bonds. The highest BCUT2D eigenvalue weighted by molar-refractivity contribution is 7.80. The van der Waals surface area contributed by atoms with E-state index in [4.69, 9.17) is 12.2 Å². The van der Waals surface area contributed by atoms with Crippen LogP contribution in [-0.4, -0.2) is 29.0 Å². The number of rotatable bonds is 3. The molecule has 0 spiro atoms. The Balaban J connectivity index is 1.51. The van der Waals surface area contributed by atoms with Gasteiger partial charge in [0.2, 0.25) is 5.91 Å². The molecule has 4 nitrogen and oxygen atoms in total. The summed E-state index contributed by atoms with van der Waals surface area (Å²) < 4.78 is 0. The Hall–Kier alpha value is -2.40. The lowest BCUT2D eigenvalue weighted by Crippen LogP contribution is -2.43. The standard InChI is InChI=1S/C21H25N3OS/c1-15-12-16(2)14-19(13-15)23-21(26)24-10-8-17(9-11-24)20(25)22-18-6-4-3-5-7-18/h3-7,12-14,17H,8-11H2,1-2H3,(H,22,25)(H,23,26). The van der Waals surface area contributed by atoms with Crippen LogP contribution >= 0.6 is 12.2 Å². The average Bonchev–Trinajstić information content (AvgIpc) is 2.62. The number of aryl methyl sites for hydroxylation is 2. The van der Waals surface area contributed by atoms with E-state index < -0.39 is 0 Å². The number of thiocarbonyl (C=S) groups is 1. The molecule has 0 atom stereocenters. The maximum absolute atomic E-state index is 12.4. The largest absolute Gasteiger partial charge is 0.349 e. The molecule has 3 rings (SSSR count). The predicted octanol–water partition coefficient (Wildman–Crippen LogP) is 4.35. The maximum atomic E-state index is 12.4. The average molecular weight is 368 g/mol. The summed E-state index contributed by atoms with van der Waals surface area (Å²) in [5.41, 5.74) is 4.31. The Labute approximate surface area is 160 Å². The number of nitrogens with one attached hydrogen (secondary N) is 2.